The minimum absolute atomic E-state index is 0.0189. The molecule has 2 aliphatic rings. The van der Waals surface area contributed by atoms with Gasteiger partial charge in [-0.15, -0.1) is 0 Å². The molecule has 0 radical (unpaired) electrons. The largest absolute Gasteiger partial charge is 0.295 e. The first-order valence-electron chi connectivity index (χ1n) is 16.9. The van der Waals surface area contributed by atoms with Gasteiger partial charge in [-0.2, -0.15) is 16.8 Å². The molecular weight excluding hydrogens is 709 g/mol. The average Bonchev–Trinajstić information content (AvgIpc) is 3.11. The third-order valence-corrected chi connectivity index (χ3v) is 13.1. The van der Waals surface area contributed by atoms with Crippen LogP contribution in [-0.4, -0.2) is 60.0 Å². The summed E-state index contributed by atoms with van der Waals surface area (Å²) in [6.07, 6.45) is 2.29. The Kier molecular flexibility index (Phi) is 8.85. The standard InChI is InChI=1S/C38H38N2O10S2/c1-7-37(5,8-2)21-11-13-23(29(19-21)51(45,46)47)24-14-12-22(20-30(24)52(48,49)50)39-33(41)25-15-17-27-32-28(18-16-26(31(25)32)34(39)42)36(44)40(35(27)43)38(6,9-3)10-4/h11-20H,7-10H2,1-6H3,(H,45,46,47)(H,48,49,50). The molecule has 14 heteroatoms. The quantitative estimate of drug-likeness (QED) is 0.126. The maximum Gasteiger partial charge on any atom is 0.295 e. The molecular formula is C38H38N2O10S2. The van der Waals surface area contributed by atoms with E-state index in [4.69, 9.17) is 0 Å². The Balaban J connectivity index is 1.51. The lowest BCUT2D eigenvalue weighted by atomic mass is 9.77. The number of carbonyl (C=O) groups excluding carboxylic acids is 4. The van der Waals surface area contributed by atoms with Crippen molar-refractivity contribution >= 4 is 60.3 Å². The highest BCUT2D eigenvalue weighted by molar-refractivity contribution is 7.86. The monoisotopic (exact) mass is 746 g/mol. The van der Waals surface area contributed by atoms with Crippen molar-refractivity contribution in [2.75, 3.05) is 4.90 Å². The van der Waals surface area contributed by atoms with Crippen LogP contribution >= 0.6 is 0 Å². The summed E-state index contributed by atoms with van der Waals surface area (Å²) in [5, 5.41) is 0.294. The van der Waals surface area contributed by atoms with Gasteiger partial charge in [0.1, 0.15) is 9.79 Å². The summed E-state index contributed by atoms with van der Waals surface area (Å²) >= 11 is 0. The van der Waals surface area contributed by atoms with Crippen LogP contribution in [0.3, 0.4) is 0 Å². The molecule has 0 spiro atoms. The van der Waals surface area contributed by atoms with Gasteiger partial charge in [-0.25, -0.2) is 4.90 Å². The number of carbonyl (C=O) groups is 4. The summed E-state index contributed by atoms with van der Waals surface area (Å²) in [6, 6.07) is 13.1. The number of imide groups is 2. The first-order valence-corrected chi connectivity index (χ1v) is 19.8. The maximum absolute atomic E-state index is 14.1. The summed E-state index contributed by atoms with van der Waals surface area (Å²) in [7, 11) is -10.1. The molecule has 52 heavy (non-hydrogen) atoms. The maximum atomic E-state index is 14.1. The lowest BCUT2D eigenvalue weighted by Crippen LogP contribution is -2.54. The normalized spacial score (nSPS) is 15.2. The Morgan fingerprint density at radius 1 is 0.538 bits per heavy atom. The van der Waals surface area contributed by atoms with E-state index in [0.29, 0.717) is 36.1 Å². The van der Waals surface area contributed by atoms with Gasteiger partial charge in [0.25, 0.3) is 43.9 Å². The fraction of sp³-hybridized carbons (Fsp3) is 0.316. The molecule has 0 unspecified atom stereocenters. The second-order valence-electron chi connectivity index (χ2n) is 13.8. The molecule has 0 saturated carbocycles. The first kappa shape index (κ1) is 37.0. The molecule has 6 rings (SSSR count). The van der Waals surface area contributed by atoms with E-state index in [9.17, 15) is 45.1 Å². The number of amides is 4. The van der Waals surface area contributed by atoms with Gasteiger partial charge >= 0.3 is 0 Å². The summed E-state index contributed by atoms with van der Waals surface area (Å²) < 4.78 is 71.7. The van der Waals surface area contributed by atoms with Crippen molar-refractivity contribution in [3.63, 3.8) is 0 Å². The Morgan fingerprint density at radius 3 is 1.33 bits per heavy atom. The molecule has 2 N–H and O–H groups in total. The number of rotatable bonds is 10. The second-order valence-corrected chi connectivity index (χ2v) is 16.6. The number of hydrogen-bond acceptors (Lipinski definition) is 8. The van der Waals surface area contributed by atoms with Crippen LogP contribution in [-0.2, 0) is 25.7 Å². The molecule has 2 aliphatic heterocycles. The summed E-state index contributed by atoms with van der Waals surface area (Å²) in [6.45, 7) is 11.4. The fourth-order valence-electron chi connectivity index (χ4n) is 7.24. The second kappa shape index (κ2) is 12.4. The number of benzene rings is 4. The molecule has 4 amide bonds. The summed E-state index contributed by atoms with van der Waals surface area (Å²) in [5.74, 6) is -2.86. The van der Waals surface area contributed by atoms with Gasteiger partial charge in [-0.3, -0.25) is 33.2 Å². The van der Waals surface area contributed by atoms with Crippen molar-refractivity contribution in [2.24, 2.45) is 0 Å². The molecule has 272 valence electrons. The minimum Gasteiger partial charge on any atom is -0.282 e. The summed E-state index contributed by atoms with van der Waals surface area (Å²) in [5.41, 5.74) is -1.17. The highest BCUT2D eigenvalue weighted by Crippen LogP contribution is 2.43. The lowest BCUT2D eigenvalue weighted by Gasteiger charge is -2.41. The van der Waals surface area contributed by atoms with Gasteiger partial charge in [0.15, 0.2) is 0 Å². The van der Waals surface area contributed by atoms with E-state index in [1.165, 1.54) is 47.4 Å². The van der Waals surface area contributed by atoms with Gasteiger partial charge in [0.2, 0.25) is 0 Å². The number of nitrogens with zero attached hydrogens (tertiary/aromatic N) is 2. The molecule has 0 bridgehead atoms. The Labute approximate surface area is 301 Å². The van der Waals surface area contributed by atoms with Crippen LogP contribution in [0.4, 0.5) is 5.69 Å². The van der Waals surface area contributed by atoms with E-state index >= 15 is 0 Å². The number of anilines is 1. The Morgan fingerprint density at radius 2 is 0.923 bits per heavy atom. The Hall–Kier alpha value is -4.76. The lowest BCUT2D eigenvalue weighted by molar-refractivity contribution is 0.0386. The zero-order chi connectivity index (χ0) is 38.3. The molecule has 4 aromatic carbocycles. The van der Waals surface area contributed by atoms with E-state index < -0.39 is 64.6 Å². The molecule has 0 atom stereocenters. The minimum atomic E-state index is -5.14. The van der Waals surface area contributed by atoms with Crippen LogP contribution in [0.5, 0.6) is 0 Å². The van der Waals surface area contributed by atoms with Crippen LogP contribution in [0.25, 0.3) is 21.9 Å². The zero-order valence-corrected chi connectivity index (χ0v) is 31.1. The van der Waals surface area contributed by atoms with Gasteiger partial charge < -0.3 is 0 Å². The predicted octanol–water partition coefficient (Wildman–Crippen LogP) is 7.05. The summed E-state index contributed by atoms with van der Waals surface area (Å²) in [4.78, 5) is 56.4. The first-order chi connectivity index (χ1) is 24.3. The van der Waals surface area contributed by atoms with Crippen LogP contribution in [0.15, 0.2) is 70.5 Å². The molecule has 12 nitrogen and oxygen atoms in total. The van der Waals surface area contributed by atoms with Crippen molar-refractivity contribution in [2.45, 2.75) is 88.0 Å². The van der Waals surface area contributed by atoms with Crippen molar-refractivity contribution in [3.05, 3.63) is 88.5 Å². The van der Waals surface area contributed by atoms with Gasteiger partial charge in [0, 0.05) is 49.7 Å². The molecule has 0 aliphatic carbocycles. The average molecular weight is 747 g/mol. The van der Waals surface area contributed by atoms with E-state index in [-0.39, 0.29) is 49.8 Å². The molecule has 0 aromatic heterocycles. The van der Waals surface area contributed by atoms with Crippen LogP contribution < -0.4 is 4.90 Å². The van der Waals surface area contributed by atoms with E-state index in [1.807, 2.05) is 41.5 Å². The third-order valence-electron chi connectivity index (χ3n) is 11.3. The SMILES string of the molecule is CCC(C)(CC)c1ccc(-c2ccc(N3C(=O)c4ccc5c6c(ccc(c46)C3=O)C(=O)N(C(C)(CC)CC)C5=O)cc2S(=O)(=O)O)c(S(=O)(=O)O)c1. The van der Waals surface area contributed by atoms with E-state index in [1.54, 1.807) is 6.07 Å². The molecule has 0 fully saturated rings. The molecule has 4 aromatic rings. The van der Waals surface area contributed by atoms with E-state index in [0.717, 1.165) is 12.1 Å². The predicted molar refractivity (Wildman–Crippen MR) is 194 cm³/mol. The van der Waals surface area contributed by atoms with Crippen LogP contribution in [0, 0.1) is 0 Å². The third kappa shape index (κ3) is 5.47. The molecule has 2 heterocycles. The van der Waals surface area contributed by atoms with Gasteiger partial charge in [0.05, 0.1) is 5.69 Å². The van der Waals surface area contributed by atoms with Crippen LogP contribution in [0.1, 0.15) is 114 Å². The van der Waals surface area contributed by atoms with E-state index in [2.05, 4.69) is 0 Å². The van der Waals surface area contributed by atoms with Crippen molar-refractivity contribution in [1.29, 1.82) is 0 Å². The van der Waals surface area contributed by atoms with Crippen molar-refractivity contribution in [3.8, 4) is 11.1 Å². The fourth-order valence-corrected chi connectivity index (χ4v) is 8.70. The highest BCUT2D eigenvalue weighted by atomic mass is 32.2. The topological polar surface area (TPSA) is 183 Å². The molecule has 0 saturated heterocycles. The van der Waals surface area contributed by atoms with Crippen molar-refractivity contribution in [1.82, 2.24) is 4.90 Å². The van der Waals surface area contributed by atoms with Crippen LogP contribution in [0.2, 0.25) is 0 Å². The zero-order valence-electron chi connectivity index (χ0n) is 29.5. The Bertz CT molecular complexity index is 2410. The smallest absolute Gasteiger partial charge is 0.282 e. The highest BCUT2D eigenvalue weighted by Gasteiger charge is 2.45. The van der Waals surface area contributed by atoms with Crippen molar-refractivity contribution < 1.29 is 45.1 Å². The van der Waals surface area contributed by atoms with Gasteiger partial charge in [-0.1, -0.05) is 52.8 Å². The number of hydrogen-bond donors (Lipinski definition) is 2. The van der Waals surface area contributed by atoms with Gasteiger partial charge in [-0.05, 0) is 86.1 Å².